The van der Waals surface area contributed by atoms with E-state index in [-0.39, 0.29) is 12.3 Å². The molecule has 0 N–H and O–H groups in total. The van der Waals surface area contributed by atoms with Crippen molar-refractivity contribution in [3.63, 3.8) is 0 Å². The second-order valence-corrected chi connectivity index (χ2v) is 2.40. The van der Waals surface area contributed by atoms with Gasteiger partial charge in [0.2, 0.25) is 0 Å². The van der Waals surface area contributed by atoms with Gasteiger partial charge in [0.1, 0.15) is 4.83 Å². The van der Waals surface area contributed by atoms with Gasteiger partial charge < -0.3 is 0 Å². The number of rotatable bonds is 2. The van der Waals surface area contributed by atoms with Crippen LogP contribution in [-0.4, -0.2) is 4.83 Å². The van der Waals surface area contributed by atoms with Crippen molar-refractivity contribution in [1.82, 2.24) is 0 Å². The summed E-state index contributed by atoms with van der Waals surface area (Å²) in [5.41, 5.74) is 0. The van der Waals surface area contributed by atoms with Gasteiger partial charge in [-0.05, 0) is 6.42 Å². The van der Waals surface area contributed by atoms with E-state index >= 15 is 0 Å². The number of nitriles is 2. The second kappa shape index (κ2) is 7.46. The number of nitrogens with zero attached hydrogens (tertiary/aromatic N) is 2. The highest BCUT2D eigenvalue weighted by atomic mass is 79.9. The van der Waals surface area contributed by atoms with Crippen molar-refractivity contribution in [1.29, 1.82) is 10.5 Å². The van der Waals surface area contributed by atoms with Crippen LogP contribution in [0.25, 0.3) is 0 Å². The number of hydrogen-bond acceptors (Lipinski definition) is 2. The molecule has 1 unspecified atom stereocenters. The molecule has 0 amide bonds. The first-order chi connectivity index (χ1) is 3.81. The zero-order valence-electron chi connectivity index (χ0n) is 4.26. The quantitative estimate of drug-likeness (QED) is 0.625. The minimum Gasteiger partial charge on any atom is -0.198 e. The lowest BCUT2D eigenvalue weighted by molar-refractivity contribution is 0.910. The minimum absolute atomic E-state index is 0. The molecule has 0 rings (SSSR count). The Labute approximate surface area is 64.2 Å². The van der Waals surface area contributed by atoms with Gasteiger partial charge in [-0.1, -0.05) is 23.4 Å². The van der Waals surface area contributed by atoms with Crippen LogP contribution in [0, 0.1) is 22.7 Å². The standard InChI is InChI=1S/C5H5BrN2.CH4/c6-5(4-8)2-1-3-7;/h5H,1-2H2;1H4. The molecule has 0 aliphatic carbocycles. The van der Waals surface area contributed by atoms with Crippen LogP contribution < -0.4 is 0 Å². The van der Waals surface area contributed by atoms with Gasteiger partial charge in [0.05, 0.1) is 12.1 Å². The highest BCUT2D eigenvalue weighted by molar-refractivity contribution is 9.09. The molecule has 9 heavy (non-hydrogen) atoms. The summed E-state index contributed by atoms with van der Waals surface area (Å²) in [7, 11) is 0. The molecule has 0 heterocycles. The summed E-state index contributed by atoms with van der Waals surface area (Å²) in [4.78, 5) is -0.151. The fraction of sp³-hybridized carbons (Fsp3) is 0.667. The average Bonchev–Trinajstić information content (AvgIpc) is 1.83. The Kier molecular flexibility index (Phi) is 9.35. The maximum Gasteiger partial charge on any atom is 0.102 e. The predicted octanol–water partition coefficient (Wildman–Crippen LogP) is 2.21. The fourth-order valence-electron chi connectivity index (χ4n) is 0.256. The van der Waals surface area contributed by atoms with E-state index < -0.39 is 0 Å². The summed E-state index contributed by atoms with van der Waals surface area (Å²) in [5.74, 6) is 0. The summed E-state index contributed by atoms with van der Waals surface area (Å²) in [6.07, 6.45) is 1.07. The molecule has 50 valence electrons. The van der Waals surface area contributed by atoms with Crippen molar-refractivity contribution in [2.45, 2.75) is 25.1 Å². The van der Waals surface area contributed by atoms with Crippen LogP contribution >= 0.6 is 15.9 Å². The smallest absolute Gasteiger partial charge is 0.102 e. The van der Waals surface area contributed by atoms with Gasteiger partial charge >= 0.3 is 0 Å². The first-order valence-corrected chi connectivity index (χ1v) is 3.13. The number of hydrogen-bond donors (Lipinski definition) is 0. The van der Waals surface area contributed by atoms with Crippen molar-refractivity contribution >= 4 is 15.9 Å². The Morgan fingerprint density at radius 3 is 2.33 bits per heavy atom. The maximum atomic E-state index is 8.16. The van der Waals surface area contributed by atoms with Crippen LogP contribution in [0.3, 0.4) is 0 Å². The largest absolute Gasteiger partial charge is 0.198 e. The third-order valence-electron chi connectivity index (χ3n) is 0.650. The normalized spacial score (nSPS) is 10.1. The Balaban J connectivity index is 0. The molecule has 0 spiro atoms. The summed E-state index contributed by atoms with van der Waals surface area (Å²) >= 11 is 3.07. The molecule has 0 radical (unpaired) electrons. The van der Waals surface area contributed by atoms with E-state index in [9.17, 15) is 0 Å². The fourth-order valence-corrected chi connectivity index (χ4v) is 0.485. The molecule has 0 aliphatic rings. The summed E-state index contributed by atoms with van der Waals surface area (Å²) < 4.78 is 0. The molecular formula is C6H9BrN2. The molecule has 2 nitrogen and oxygen atoms in total. The number of halogens is 1. The molecule has 0 bridgehead atoms. The molecule has 0 aliphatic heterocycles. The Hall–Kier alpha value is -0.540. The number of alkyl halides is 1. The lowest BCUT2D eigenvalue weighted by atomic mass is 10.3. The summed E-state index contributed by atoms with van der Waals surface area (Å²) in [5, 5.41) is 16.2. The molecule has 3 heteroatoms. The molecule has 0 aromatic heterocycles. The van der Waals surface area contributed by atoms with Crippen LogP contribution in [-0.2, 0) is 0 Å². The lowest BCUT2D eigenvalue weighted by Crippen LogP contribution is -1.89. The molecule has 1 atom stereocenters. The third kappa shape index (κ3) is 7.46. The SMILES string of the molecule is C.N#CCCC(Br)C#N. The van der Waals surface area contributed by atoms with E-state index in [0.717, 1.165) is 0 Å². The predicted molar refractivity (Wildman–Crippen MR) is 39.9 cm³/mol. The van der Waals surface area contributed by atoms with Crippen molar-refractivity contribution < 1.29 is 0 Å². The Morgan fingerprint density at radius 2 is 2.00 bits per heavy atom. The zero-order valence-corrected chi connectivity index (χ0v) is 5.85. The van der Waals surface area contributed by atoms with Crippen LogP contribution in [0.4, 0.5) is 0 Å². The molecule has 0 saturated carbocycles. The van der Waals surface area contributed by atoms with Gasteiger partial charge in [-0.2, -0.15) is 10.5 Å². The summed E-state index contributed by atoms with van der Waals surface area (Å²) in [6.45, 7) is 0. The third-order valence-corrected chi connectivity index (χ3v) is 1.31. The van der Waals surface area contributed by atoms with Crippen LogP contribution in [0.15, 0.2) is 0 Å². The molecule has 0 aromatic carbocycles. The first-order valence-electron chi connectivity index (χ1n) is 2.22. The van der Waals surface area contributed by atoms with Crippen LogP contribution in [0.5, 0.6) is 0 Å². The van der Waals surface area contributed by atoms with Gasteiger partial charge in [-0.25, -0.2) is 0 Å². The highest BCUT2D eigenvalue weighted by Gasteiger charge is 1.97. The van der Waals surface area contributed by atoms with Gasteiger partial charge in [0, 0.05) is 6.42 Å². The van der Waals surface area contributed by atoms with Crippen LogP contribution in [0.2, 0.25) is 0 Å². The average molecular weight is 189 g/mol. The lowest BCUT2D eigenvalue weighted by Gasteiger charge is -1.89. The van der Waals surface area contributed by atoms with Crippen LogP contribution in [0.1, 0.15) is 20.3 Å². The van der Waals surface area contributed by atoms with Gasteiger partial charge in [0.15, 0.2) is 0 Å². The summed E-state index contributed by atoms with van der Waals surface area (Å²) in [6, 6.07) is 3.92. The monoisotopic (exact) mass is 188 g/mol. The van der Waals surface area contributed by atoms with E-state index in [2.05, 4.69) is 15.9 Å². The van der Waals surface area contributed by atoms with Crippen molar-refractivity contribution in [3.05, 3.63) is 0 Å². The van der Waals surface area contributed by atoms with E-state index in [1.807, 2.05) is 12.1 Å². The van der Waals surface area contributed by atoms with Crippen molar-refractivity contribution in [2.24, 2.45) is 0 Å². The van der Waals surface area contributed by atoms with E-state index in [1.54, 1.807) is 0 Å². The topological polar surface area (TPSA) is 47.6 Å². The molecular weight excluding hydrogens is 180 g/mol. The molecule has 0 fully saturated rings. The minimum atomic E-state index is -0.151. The van der Waals surface area contributed by atoms with E-state index in [1.165, 1.54) is 0 Å². The van der Waals surface area contributed by atoms with Gasteiger partial charge in [-0.15, -0.1) is 0 Å². The zero-order chi connectivity index (χ0) is 6.41. The van der Waals surface area contributed by atoms with Gasteiger partial charge in [-0.3, -0.25) is 0 Å². The maximum absolute atomic E-state index is 8.16. The Bertz CT molecular complexity index is 131. The van der Waals surface area contributed by atoms with Gasteiger partial charge in [0.25, 0.3) is 0 Å². The highest BCUT2D eigenvalue weighted by Crippen LogP contribution is 2.04. The van der Waals surface area contributed by atoms with E-state index in [4.69, 9.17) is 10.5 Å². The molecule has 0 aromatic rings. The van der Waals surface area contributed by atoms with Crippen molar-refractivity contribution in [3.8, 4) is 12.1 Å². The first kappa shape index (κ1) is 11.3. The second-order valence-electron chi connectivity index (χ2n) is 1.29. The van der Waals surface area contributed by atoms with E-state index in [0.29, 0.717) is 12.8 Å². The Morgan fingerprint density at radius 1 is 1.44 bits per heavy atom. The van der Waals surface area contributed by atoms with Crippen molar-refractivity contribution in [2.75, 3.05) is 0 Å². The molecule has 0 saturated heterocycles.